The van der Waals surface area contributed by atoms with E-state index in [-0.39, 0.29) is 11.8 Å². The summed E-state index contributed by atoms with van der Waals surface area (Å²) in [4.78, 5) is 14.3. The molecular weight excluding hydrogens is 267 g/mol. The Hall–Kier alpha value is -2.36. The number of carbonyl (C=O) groups excluding carboxylic acids is 1. The zero-order chi connectivity index (χ0) is 14.7. The van der Waals surface area contributed by atoms with Crippen LogP contribution >= 0.6 is 0 Å². The second-order valence-electron chi connectivity index (χ2n) is 5.17. The van der Waals surface area contributed by atoms with Crippen molar-refractivity contribution >= 4 is 17.4 Å². The van der Waals surface area contributed by atoms with E-state index in [9.17, 15) is 9.18 Å². The molecule has 1 N–H and O–H groups in total. The molecule has 1 aliphatic heterocycles. The van der Waals surface area contributed by atoms with E-state index in [1.165, 1.54) is 17.7 Å². The second-order valence-corrected chi connectivity index (χ2v) is 5.17. The van der Waals surface area contributed by atoms with Gasteiger partial charge < -0.3 is 5.32 Å². The molecule has 0 radical (unpaired) electrons. The van der Waals surface area contributed by atoms with E-state index in [1.54, 1.807) is 17.0 Å². The molecule has 0 saturated carbocycles. The molecule has 108 valence electrons. The number of fused-ring (bicyclic) bond motifs is 1. The highest BCUT2D eigenvalue weighted by molar-refractivity contribution is 6.02. The van der Waals surface area contributed by atoms with E-state index < -0.39 is 0 Å². The molecular formula is C17H17FN2O. The first kappa shape index (κ1) is 13.6. The summed E-state index contributed by atoms with van der Waals surface area (Å²) >= 11 is 0. The number of halogens is 1. The number of rotatable bonds is 1. The van der Waals surface area contributed by atoms with Gasteiger partial charge in [0, 0.05) is 17.9 Å². The Morgan fingerprint density at radius 2 is 1.81 bits per heavy atom. The lowest BCUT2D eigenvalue weighted by Crippen LogP contribution is -2.35. The Bertz CT molecular complexity index is 639. The highest BCUT2D eigenvalue weighted by Crippen LogP contribution is 2.26. The van der Waals surface area contributed by atoms with Crippen LogP contribution in [0.4, 0.5) is 20.6 Å². The number of anilines is 2. The summed E-state index contributed by atoms with van der Waals surface area (Å²) in [7, 11) is 0. The van der Waals surface area contributed by atoms with Gasteiger partial charge in [0.25, 0.3) is 0 Å². The van der Waals surface area contributed by atoms with Crippen LogP contribution < -0.4 is 10.2 Å². The Balaban J connectivity index is 1.82. The Kier molecular flexibility index (Phi) is 3.86. The van der Waals surface area contributed by atoms with Gasteiger partial charge in [0.05, 0.1) is 0 Å². The van der Waals surface area contributed by atoms with Gasteiger partial charge >= 0.3 is 6.03 Å². The normalized spacial score (nSPS) is 14.2. The summed E-state index contributed by atoms with van der Waals surface area (Å²) in [5.41, 5.74) is 2.77. The number of carbonyl (C=O) groups is 1. The van der Waals surface area contributed by atoms with E-state index >= 15 is 0 Å². The molecule has 21 heavy (non-hydrogen) atoms. The molecule has 0 fully saturated rings. The van der Waals surface area contributed by atoms with Crippen molar-refractivity contribution in [2.75, 3.05) is 16.8 Å². The molecule has 0 atom stereocenters. The minimum Gasteiger partial charge on any atom is -0.308 e. The van der Waals surface area contributed by atoms with Gasteiger partial charge in [-0.2, -0.15) is 0 Å². The van der Waals surface area contributed by atoms with Crippen molar-refractivity contribution in [1.82, 2.24) is 0 Å². The van der Waals surface area contributed by atoms with E-state index in [0.29, 0.717) is 12.2 Å². The third-order valence-corrected chi connectivity index (χ3v) is 3.70. The van der Waals surface area contributed by atoms with Crippen molar-refractivity contribution in [2.24, 2.45) is 0 Å². The number of nitrogens with zero attached hydrogens (tertiary/aromatic N) is 1. The first-order chi connectivity index (χ1) is 10.2. The van der Waals surface area contributed by atoms with Crippen molar-refractivity contribution in [1.29, 1.82) is 0 Å². The lowest BCUT2D eigenvalue weighted by atomic mass is 10.1. The average molecular weight is 284 g/mol. The van der Waals surface area contributed by atoms with Crippen LogP contribution in [0.15, 0.2) is 48.5 Å². The number of hydrogen-bond acceptors (Lipinski definition) is 1. The van der Waals surface area contributed by atoms with Gasteiger partial charge in [-0.15, -0.1) is 0 Å². The molecule has 0 aliphatic carbocycles. The Labute approximate surface area is 123 Å². The van der Waals surface area contributed by atoms with Gasteiger partial charge in [0.1, 0.15) is 5.82 Å². The SMILES string of the molecule is O=C(Nc1ccc(F)cc1)N1CCCCc2ccccc21. The number of nitrogens with one attached hydrogen (secondary N) is 1. The molecule has 3 nitrogen and oxygen atoms in total. The monoisotopic (exact) mass is 284 g/mol. The minimum absolute atomic E-state index is 0.170. The summed E-state index contributed by atoms with van der Waals surface area (Å²) in [6.45, 7) is 0.698. The van der Waals surface area contributed by atoms with Crippen molar-refractivity contribution in [3.05, 3.63) is 59.9 Å². The lowest BCUT2D eigenvalue weighted by Gasteiger charge is -2.23. The first-order valence-electron chi connectivity index (χ1n) is 7.16. The molecule has 4 heteroatoms. The minimum atomic E-state index is -0.312. The number of amides is 2. The highest BCUT2D eigenvalue weighted by Gasteiger charge is 2.20. The van der Waals surface area contributed by atoms with Crippen LogP contribution in [-0.2, 0) is 6.42 Å². The third-order valence-electron chi connectivity index (χ3n) is 3.70. The molecule has 2 aromatic carbocycles. The summed E-state index contributed by atoms with van der Waals surface area (Å²) in [6.07, 6.45) is 3.05. The van der Waals surface area contributed by atoms with Crippen LogP contribution in [0.2, 0.25) is 0 Å². The van der Waals surface area contributed by atoms with Gasteiger partial charge in [-0.25, -0.2) is 9.18 Å². The lowest BCUT2D eigenvalue weighted by molar-refractivity contribution is 0.257. The molecule has 0 unspecified atom stereocenters. The second kappa shape index (κ2) is 5.95. The number of benzene rings is 2. The van der Waals surface area contributed by atoms with Gasteiger partial charge in [-0.05, 0) is 55.2 Å². The van der Waals surface area contributed by atoms with Crippen molar-refractivity contribution in [3.63, 3.8) is 0 Å². The van der Waals surface area contributed by atoms with Crippen LogP contribution in [0.25, 0.3) is 0 Å². The highest BCUT2D eigenvalue weighted by atomic mass is 19.1. The number of para-hydroxylation sites is 1. The molecule has 1 heterocycles. The number of aryl methyl sites for hydroxylation is 1. The smallest absolute Gasteiger partial charge is 0.308 e. The van der Waals surface area contributed by atoms with Gasteiger partial charge in [0.2, 0.25) is 0 Å². The predicted octanol–water partition coefficient (Wildman–Crippen LogP) is 4.20. The first-order valence-corrected chi connectivity index (χ1v) is 7.16. The van der Waals surface area contributed by atoms with Gasteiger partial charge in [-0.1, -0.05) is 18.2 Å². The molecule has 0 saturated heterocycles. The summed E-state index contributed by atoms with van der Waals surface area (Å²) < 4.78 is 12.9. The molecule has 2 amide bonds. The quantitative estimate of drug-likeness (QED) is 0.836. The van der Waals surface area contributed by atoms with Crippen molar-refractivity contribution in [3.8, 4) is 0 Å². The molecule has 1 aliphatic rings. The Morgan fingerprint density at radius 3 is 2.62 bits per heavy atom. The molecule has 0 bridgehead atoms. The Morgan fingerprint density at radius 1 is 1.05 bits per heavy atom. The molecule has 2 aromatic rings. The molecule has 0 spiro atoms. The fourth-order valence-corrected chi connectivity index (χ4v) is 2.63. The van der Waals surface area contributed by atoms with Crippen LogP contribution in [0, 0.1) is 5.82 Å². The van der Waals surface area contributed by atoms with E-state index in [1.807, 2.05) is 18.2 Å². The maximum absolute atomic E-state index is 12.9. The van der Waals surface area contributed by atoms with E-state index in [0.717, 1.165) is 24.9 Å². The van der Waals surface area contributed by atoms with Crippen LogP contribution in [0.5, 0.6) is 0 Å². The predicted molar refractivity (Wildman–Crippen MR) is 82.1 cm³/mol. The van der Waals surface area contributed by atoms with Crippen molar-refractivity contribution in [2.45, 2.75) is 19.3 Å². The van der Waals surface area contributed by atoms with Crippen molar-refractivity contribution < 1.29 is 9.18 Å². The molecule has 0 aromatic heterocycles. The van der Waals surface area contributed by atoms with E-state index in [2.05, 4.69) is 11.4 Å². The topological polar surface area (TPSA) is 32.3 Å². The maximum atomic E-state index is 12.9. The fourth-order valence-electron chi connectivity index (χ4n) is 2.63. The summed E-state index contributed by atoms with van der Waals surface area (Å²) in [6, 6.07) is 13.6. The largest absolute Gasteiger partial charge is 0.326 e. The fraction of sp³-hybridized carbons (Fsp3) is 0.235. The average Bonchev–Trinajstić information content (AvgIpc) is 2.72. The van der Waals surface area contributed by atoms with Crippen LogP contribution in [0.1, 0.15) is 18.4 Å². The summed E-state index contributed by atoms with van der Waals surface area (Å²) in [5, 5.41) is 2.83. The zero-order valence-electron chi connectivity index (χ0n) is 11.7. The number of hydrogen-bond donors (Lipinski definition) is 1. The van der Waals surface area contributed by atoms with Gasteiger partial charge in [0.15, 0.2) is 0 Å². The van der Waals surface area contributed by atoms with Crippen LogP contribution in [0.3, 0.4) is 0 Å². The van der Waals surface area contributed by atoms with Gasteiger partial charge in [-0.3, -0.25) is 4.90 Å². The third kappa shape index (κ3) is 3.05. The number of urea groups is 1. The standard InChI is InChI=1S/C17H17FN2O/c18-14-8-10-15(11-9-14)19-17(21)20-12-4-3-6-13-5-1-2-7-16(13)20/h1-2,5,7-11H,3-4,6,12H2,(H,19,21). The summed E-state index contributed by atoms with van der Waals surface area (Å²) in [5.74, 6) is -0.312. The maximum Gasteiger partial charge on any atom is 0.326 e. The van der Waals surface area contributed by atoms with E-state index in [4.69, 9.17) is 0 Å². The van der Waals surface area contributed by atoms with Crippen LogP contribution in [-0.4, -0.2) is 12.6 Å². The molecule has 3 rings (SSSR count). The zero-order valence-corrected chi connectivity index (χ0v) is 11.7.